The summed E-state index contributed by atoms with van der Waals surface area (Å²) in [7, 11) is 0. The lowest BCUT2D eigenvalue weighted by Crippen LogP contribution is -2.04. The highest BCUT2D eigenvalue weighted by molar-refractivity contribution is 14.1. The van der Waals surface area contributed by atoms with Crippen molar-refractivity contribution in [3.8, 4) is 0 Å². The zero-order valence-electron chi connectivity index (χ0n) is 7.89. The summed E-state index contributed by atoms with van der Waals surface area (Å²) in [5.74, 6) is 0. The predicted octanol–water partition coefficient (Wildman–Crippen LogP) is 2.98. The molecule has 0 atom stereocenters. The van der Waals surface area contributed by atoms with Crippen LogP contribution in [0.3, 0.4) is 0 Å². The number of aromatic nitrogens is 1. The molecule has 1 aromatic rings. The van der Waals surface area contributed by atoms with Gasteiger partial charge in [-0.1, -0.05) is 12.2 Å². The van der Waals surface area contributed by atoms with Gasteiger partial charge in [0.25, 0.3) is 0 Å². The van der Waals surface area contributed by atoms with Crippen LogP contribution in [0.5, 0.6) is 0 Å². The Labute approximate surface area is 92.6 Å². The van der Waals surface area contributed by atoms with Gasteiger partial charge in [-0.2, -0.15) is 0 Å². The molecule has 1 aromatic heterocycles. The third-order valence-electron chi connectivity index (χ3n) is 1.57. The van der Waals surface area contributed by atoms with Crippen molar-refractivity contribution in [3.63, 3.8) is 0 Å². The van der Waals surface area contributed by atoms with Crippen LogP contribution in [0.1, 0.15) is 12.6 Å². The second-order valence-electron chi connectivity index (χ2n) is 3.10. The number of hydrogen-bond acceptors (Lipinski definition) is 2. The van der Waals surface area contributed by atoms with Gasteiger partial charge in [0.1, 0.15) is 3.70 Å². The van der Waals surface area contributed by atoms with Crippen molar-refractivity contribution in [2.24, 2.45) is 0 Å². The zero-order valence-corrected chi connectivity index (χ0v) is 10.1. The fourth-order valence-corrected chi connectivity index (χ4v) is 1.65. The molecule has 0 aliphatic carbocycles. The highest BCUT2D eigenvalue weighted by Crippen LogP contribution is 2.15. The first-order valence-electron chi connectivity index (χ1n) is 4.11. The molecule has 0 spiro atoms. The molecule has 1 N–H and O–H groups in total. The van der Waals surface area contributed by atoms with Crippen molar-refractivity contribution >= 4 is 28.3 Å². The van der Waals surface area contributed by atoms with Crippen LogP contribution in [0.2, 0.25) is 0 Å². The van der Waals surface area contributed by atoms with Crippen molar-refractivity contribution in [1.29, 1.82) is 0 Å². The highest BCUT2D eigenvalue weighted by atomic mass is 127. The molecule has 13 heavy (non-hydrogen) atoms. The van der Waals surface area contributed by atoms with Crippen LogP contribution in [0.25, 0.3) is 0 Å². The number of pyridine rings is 1. The average molecular weight is 288 g/mol. The first-order chi connectivity index (χ1) is 6.09. The van der Waals surface area contributed by atoms with E-state index in [0.29, 0.717) is 0 Å². The van der Waals surface area contributed by atoms with E-state index in [2.05, 4.69) is 39.5 Å². The highest BCUT2D eigenvalue weighted by Gasteiger charge is 1.99. The van der Waals surface area contributed by atoms with Crippen LogP contribution in [0, 0.1) is 10.6 Å². The average Bonchev–Trinajstić information content (AvgIpc) is 2.02. The molecule has 0 fully saturated rings. The fraction of sp³-hybridized carbons (Fsp3) is 0.300. The first kappa shape index (κ1) is 10.5. The van der Waals surface area contributed by atoms with Crippen LogP contribution in [0.4, 0.5) is 5.69 Å². The Hall–Kier alpha value is -0.580. The minimum absolute atomic E-state index is 0.806. The van der Waals surface area contributed by atoms with Gasteiger partial charge in [0.05, 0.1) is 5.69 Å². The summed E-state index contributed by atoms with van der Waals surface area (Å²) in [4.78, 5) is 4.35. The summed E-state index contributed by atoms with van der Waals surface area (Å²) in [6, 6.07) is 4.05. The molecule has 3 heteroatoms. The molecule has 1 heterocycles. The monoisotopic (exact) mass is 288 g/mol. The van der Waals surface area contributed by atoms with Crippen LogP contribution in [0.15, 0.2) is 24.3 Å². The number of nitrogens with one attached hydrogen (secondary N) is 1. The number of halogens is 1. The third kappa shape index (κ3) is 3.34. The lowest BCUT2D eigenvalue weighted by molar-refractivity contribution is 1.13. The summed E-state index contributed by atoms with van der Waals surface area (Å²) in [5.41, 5.74) is 3.25. The molecule has 0 radical (unpaired) electrons. The second-order valence-corrected chi connectivity index (χ2v) is 4.12. The van der Waals surface area contributed by atoms with Crippen molar-refractivity contribution in [2.75, 3.05) is 11.9 Å². The molecular formula is C10H13IN2. The Morgan fingerprint density at radius 3 is 2.85 bits per heavy atom. The van der Waals surface area contributed by atoms with E-state index >= 15 is 0 Å². The molecule has 2 nitrogen and oxygen atoms in total. The summed E-state index contributed by atoms with van der Waals surface area (Å²) in [6.45, 7) is 8.63. The van der Waals surface area contributed by atoms with E-state index in [4.69, 9.17) is 0 Å². The predicted molar refractivity (Wildman–Crippen MR) is 65.0 cm³/mol. The number of hydrogen-bond donors (Lipinski definition) is 1. The zero-order chi connectivity index (χ0) is 9.84. The quantitative estimate of drug-likeness (QED) is 0.525. The Kier molecular flexibility index (Phi) is 3.71. The maximum atomic E-state index is 4.35. The molecule has 0 amide bonds. The number of anilines is 1. The van der Waals surface area contributed by atoms with Gasteiger partial charge in [0, 0.05) is 12.2 Å². The van der Waals surface area contributed by atoms with E-state index in [-0.39, 0.29) is 0 Å². The number of aryl methyl sites for hydroxylation is 1. The lowest BCUT2D eigenvalue weighted by atomic mass is 10.3. The molecule has 70 valence electrons. The smallest absolute Gasteiger partial charge is 0.124 e. The van der Waals surface area contributed by atoms with Crippen LogP contribution in [-0.2, 0) is 0 Å². The molecule has 0 aliphatic heterocycles. The van der Waals surface area contributed by atoms with Crippen molar-refractivity contribution < 1.29 is 0 Å². The Balaban J connectivity index is 2.72. The summed E-state index contributed by atoms with van der Waals surface area (Å²) in [5, 5.41) is 3.27. The largest absolute Gasteiger partial charge is 0.379 e. The molecule has 0 unspecified atom stereocenters. The van der Waals surface area contributed by atoms with E-state index in [1.807, 2.05) is 26.0 Å². The van der Waals surface area contributed by atoms with Gasteiger partial charge < -0.3 is 5.32 Å². The molecule has 1 rings (SSSR count). The topological polar surface area (TPSA) is 24.9 Å². The number of rotatable bonds is 3. The first-order valence-corrected chi connectivity index (χ1v) is 5.19. The summed E-state index contributed by atoms with van der Waals surface area (Å²) < 4.78 is 1.01. The van der Waals surface area contributed by atoms with Gasteiger partial charge in [-0.25, -0.2) is 4.98 Å². The van der Waals surface area contributed by atoms with Crippen LogP contribution < -0.4 is 5.32 Å². The maximum absolute atomic E-state index is 4.35. The second kappa shape index (κ2) is 4.60. The molecule has 0 saturated heterocycles. The van der Waals surface area contributed by atoms with E-state index in [1.165, 1.54) is 0 Å². The van der Waals surface area contributed by atoms with E-state index in [1.54, 1.807) is 0 Å². The third-order valence-corrected chi connectivity index (χ3v) is 2.39. The maximum Gasteiger partial charge on any atom is 0.124 e. The standard InChI is InChI=1S/C10H13IN2/c1-7(2)6-12-9-5-4-8(3)13-10(9)11/h4-5,12H,1,6H2,2-3H3. The molecular weight excluding hydrogens is 275 g/mol. The summed E-state index contributed by atoms with van der Waals surface area (Å²) in [6.07, 6.45) is 0. The number of nitrogens with zero attached hydrogens (tertiary/aromatic N) is 1. The lowest BCUT2D eigenvalue weighted by Gasteiger charge is -2.07. The Morgan fingerprint density at radius 2 is 2.31 bits per heavy atom. The molecule has 0 aromatic carbocycles. The SMILES string of the molecule is C=C(C)CNc1ccc(C)nc1I. The van der Waals surface area contributed by atoms with Gasteiger partial charge in [0.15, 0.2) is 0 Å². The minimum atomic E-state index is 0.806. The van der Waals surface area contributed by atoms with E-state index < -0.39 is 0 Å². The van der Waals surface area contributed by atoms with Gasteiger partial charge in [0.2, 0.25) is 0 Å². The normalized spacial score (nSPS) is 9.77. The van der Waals surface area contributed by atoms with Crippen molar-refractivity contribution in [1.82, 2.24) is 4.98 Å². The van der Waals surface area contributed by atoms with Crippen LogP contribution >= 0.6 is 22.6 Å². The van der Waals surface area contributed by atoms with Gasteiger partial charge in [-0.15, -0.1) is 0 Å². The Morgan fingerprint density at radius 1 is 1.62 bits per heavy atom. The van der Waals surface area contributed by atoms with Gasteiger partial charge >= 0.3 is 0 Å². The fourth-order valence-electron chi connectivity index (χ4n) is 0.903. The summed E-state index contributed by atoms with van der Waals surface area (Å²) >= 11 is 2.23. The van der Waals surface area contributed by atoms with Gasteiger partial charge in [-0.05, 0) is 48.6 Å². The van der Waals surface area contributed by atoms with Crippen LogP contribution in [-0.4, -0.2) is 11.5 Å². The van der Waals surface area contributed by atoms with E-state index in [9.17, 15) is 0 Å². The van der Waals surface area contributed by atoms with E-state index in [0.717, 1.165) is 27.2 Å². The van der Waals surface area contributed by atoms with Crippen molar-refractivity contribution in [3.05, 3.63) is 33.7 Å². The molecule has 0 bridgehead atoms. The minimum Gasteiger partial charge on any atom is -0.379 e. The molecule has 0 aliphatic rings. The molecule has 0 saturated carbocycles. The Bertz CT molecular complexity index is 321. The van der Waals surface area contributed by atoms with Crippen molar-refractivity contribution in [2.45, 2.75) is 13.8 Å². The van der Waals surface area contributed by atoms with Gasteiger partial charge in [-0.3, -0.25) is 0 Å².